The zero-order chi connectivity index (χ0) is 10.6. The summed E-state index contributed by atoms with van der Waals surface area (Å²) in [4.78, 5) is 9.97. The quantitative estimate of drug-likeness (QED) is 0.435. The van der Waals surface area contributed by atoms with E-state index in [2.05, 4.69) is 6.92 Å². The molecule has 0 aliphatic rings. The SMILES string of the molecule is CCCC(Cl)c1ccc([N+](=O)[O-])cc1. The smallest absolute Gasteiger partial charge is 0.258 e. The van der Waals surface area contributed by atoms with E-state index in [4.69, 9.17) is 11.6 Å². The van der Waals surface area contributed by atoms with Crippen LogP contribution in [-0.4, -0.2) is 4.92 Å². The Hall–Kier alpha value is -1.09. The third-order valence-electron chi connectivity index (χ3n) is 2.01. The lowest BCUT2D eigenvalue weighted by Gasteiger charge is -2.07. The summed E-state index contributed by atoms with van der Waals surface area (Å²) in [5, 5.41) is 10.3. The highest BCUT2D eigenvalue weighted by molar-refractivity contribution is 6.20. The van der Waals surface area contributed by atoms with Crippen molar-refractivity contribution in [2.75, 3.05) is 0 Å². The first-order chi connectivity index (χ1) is 6.65. The largest absolute Gasteiger partial charge is 0.269 e. The molecule has 4 heteroatoms. The minimum absolute atomic E-state index is 0.0409. The molecule has 0 saturated carbocycles. The molecule has 1 unspecified atom stereocenters. The van der Waals surface area contributed by atoms with Crippen LogP contribution in [0.15, 0.2) is 24.3 Å². The number of alkyl halides is 1. The van der Waals surface area contributed by atoms with E-state index in [-0.39, 0.29) is 11.1 Å². The molecule has 1 atom stereocenters. The number of benzene rings is 1. The number of rotatable bonds is 4. The Bertz CT molecular complexity index is 310. The van der Waals surface area contributed by atoms with Crippen molar-refractivity contribution < 1.29 is 4.92 Å². The third-order valence-corrected chi connectivity index (χ3v) is 2.48. The minimum Gasteiger partial charge on any atom is -0.258 e. The molecule has 0 heterocycles. The number of halogens is 1. The maximum absolute atomic E-state index is 10.4. The molecule has 0 aliphatic carbocycles. The van der Waals surface area contributed by atoms with Gasteiger partial charge in [-0.2, -0.15) is 0 Å². The molecule has 0 aliphatic heterocycles. The Morgan fingerprint density at radius 2 is 2.00 bits per heavy atom. The first-order valence-electron chi connectivity index (χ1n) is 4.53. The zero-order valence-electron chi connectivity index (χ0n) is 7.94. The fraction of sp³-hybridized carbons (Fsp3) is 0.400. The highest BCUT2D eigenvalue weighted by Crippen LogP contribution is 2.26. The molecule has 1 aromatic carbocycles. The Morgan fingerprint density at radius 1 is 1.43 bits per heavy atom. The van der Waals surface area contributed by atoms with E-state index < -0.39 is 4.92 Å². The van der Waals surface area contributed by atoms with Gasteiger partial charge in [-0.25, -0.2) is 0 Å². The van der Waals surface area contributed by atoms with Gasteiger partial charge in [0.1, 0.15) is 0 Å². The van der Waals surface area contributed by atoms with Crippen LogP contribution in [0.3, 0.4) is 0 Å². The molecule has 0 N–H and O–H groups in total. The van der Waals surface area contributed by atoms with Gasteiger partial charge < -0.3 is 0 Å². The third kappa shape index (κ3) is 2.70. The van der Waals surface area contributed by atoms with Gasteiger partial charge in [0.05, 0.1) is 10.3 Å². The topological polar surface area (TPSA) is 43.1 Å². The standard InChI is InChI=1S/C10H12ClNO2/c1-2-3-10(11)8-4-6-9(7-5-8)12(13)14/h4-7,10H,2-3H2,1H3. The lowest BCUT2D eigenvalue weighted by atomic mass is 10.1. The summed E-state index contributed by atoms with van der Waals surface area (Å²) in [6.07, 6.45) is 1.89. The van der Waals surface area contributed by atoms with Crippen LogP contribution in [0.4, 0.5) is 5.69 Å². The van der Waals surface area contributed by atoms with Gasteiger partial charge in [0.25, 0.3) is 5.69 Å². The van der Waals surface area contributed by atoms with Crippen LogP contribution in [0.1, 0.15) is 30.7 Å². The van der Waals surface area contributed by atoms with Crippen LogP contribution >= 0.6 is 11.6 Å². The monoisotopic (exact) mass is 213 g/mol. The second kappa shape index (κ2) is 4.96. The summed E-state index contributed by atoms with van der Waals surface area (Å²) < 4.78 is 0. The Balaban J connectivity index is 2.77. The van der Waals surface area contributed by atoms with Crippen molar-refractivity contribution in [2.24, 2.45) is 0 Å². The van der Waals surface area contributed by atoms with E-state index in [1.165, 1.54) is 12.1 Å². The molecule has 1 rings (SSSR count). The molecule has 0 amide bonds. The first kappa shape index (κ1) is 11.0. The summed E-state index contributed by atoms with van der Waals surface area (Å²) in [6, 6.07) is 6.40. The van der Waals surface area contributed by atoms with Crippen LogP contribution in [0.2, 0.25) is 0 Å². The van der Waals surface area contributed by atoms with Crippen molar-refractivity contribution in [1.82, 2.24) is 0 Å². The number of hydrogen-bond donors (Lipinski definition) is 0. The van der Waals surface area contributed by atoms with Crippen molar-refractivity contribution in [1.29, 1.82) is 0 Å². The second-order valence-electron chi connectivity index (χ2n) is 3.10. The molecular weight excluding hydrogens is 202 g/mol. The number of nitro benzene ring substituents is 1. The molecule has 0 fully saturated rings. The van der Waals surface area contributed by atoms with Crippen LogP contribution in [0, 0.1) is 10.1 Å². The number of nitro groups is 1. The van der Waals surface area contributed by atoms with Gasteiger partial charge in [0, 0.05) is 12.1 Å². The molecule has 0 saturated heterocycles. The van der Waals surface area contributed by atoms with E-state index in [1.807, 2.05) is 0 Å². The Labute approximate surface area is 87.8 Å². The van der Waals surface area contributed by atoms with E-state index in [0.29, 0.717) is 0 Å². The van der Waals surface area contributed by atoms with Crippen LogP contribution in [0.5, 0.6) is 0 Å². The molecule has 0 bridgehead atoms. The van der Waals surface area contributed by atoms with Gasteiger partial charge in [-0.1, -0.05) is 25.5 Å². The normalized spacial score (nSPS) is 12.4. The second-order valence-corrected chi connectivity index (χ2v) is 3.63. The van der Waals surface area contributed by atoms with Gasteiger partial charge in [-0.3, -0.25) is 10.1 Å². The highest BCUT2D eigenvalue weighted by atomic mass is 35.5. The molecule has 14 heavy (non-hydrogen) atoms. The average Bonchev–Trinajstić information content (AvgIpc) is 2.18. The van der Waals surface area contributed by atoms with Crippen molar-refractivity contribution in [2.45, 2.75) is 25.1 Å². The number of hydrogen-bond acceptors (Lipinski definition) is 2. The fourth-order valence-electron chi connectivity index (χ4n) is 1.22. The highest BCUT2D eigenvalue weighted by Gasteiger charge is 2.09. The zero-order valence-corrected chi connectivity index (χ0v) is 8.70. The predicted molar refractivity (Wildman–Crippen MR) is 56.6 cm³/mol. The summed E-state index contributed by atoms with van der Waals surface area (Å²) in [5.41, 5.74) is 1.05. The van der Waals surface area contributed by atoms with Gasteiger partial charge >= 0.3 is 0 Å². The van der Waals surface area contributed by atoms with E-state index in [1.54, 1.807) is 12.1 Å². The molecule has 0 radical (unpaired) electrons. The summed E-state index contributed by atoms with van der Waals surface area (Å²) in [6.45, 7) is 2.06. The predicted octanol–water partition coefficient (Wildman–Crippen LogP) is 3.67. The maximum Gasteiger partial charge on any atom is 0.269 e. The van der Waals surface area contributed by atoms with Crippen LogP contribution < -0.4 is 0 Å². The molecule has 76 valence electrons. The Kier molecular flexibility index (Phi) is 3.89. The summed E-state index contributed by atoms with van der Waals surface area (Å²) in [7, 11) is 0. The van der Waals surface area contributed by atoms with E-state index in [0.717, 1.165) is 18.4 Å². The molecule has 1 aromatic rings. The summed E-state index contributed by atoms with van der Waals surface area (Å²) >= 11 is 6.07. The summed E-state index contributed by atoms with van der Waals surface area (Å²) in [5.74, 6) is 0. The molecule has 0 spiro atoms. The van der Waals surface area contributed by atoms with Crippen molar-refractivity contribution in [3.05, 3.63) is 39.9 Å². The van der Waals surface area contributed by atoms with E-state index in [9.17, 15) is 10.1 Å². The van der Waals surface area contributed by atoms with Crippen LogP contribution in [0.25, 0.3) is 0 Å². The maximum atomic E-state index is 10.4. The number of nitrogens with zero attached hydrogens (tertiary/aromatic N) is 1. The molecule has 3 nitrogen and oxygen atoms in total. The van der Waals surface area contributed by atoms with Crippen molar-refractivity contribution in [3.63, 3.8) is 0 Å². The lowest BCUT2D eigenvalue weighted by molar-refractivity contribution is -0.384. The van der Waals surface area contributed by atoms with Crippen LogP contribution in [-0.2, 0) is 0 Å². The average molecular weight is 214 g/mol. The first-order valence-corrected chi connectivity index (χ1v) is 4.97. The van der Waals surface area contributed by atoms with Crippen molar-refractivity contribution >= 4 is 17.3 Å². The fourth-order valence-corrected chi connectivity index (χ4v) is 1.59. The van der Waals surface area contributed by atoms with Gasteiger partial charge in [-0.05, 0) is 12.0 Å². The van der Waals surface area contributed by atoms with Gasteiger partial charge in [-0.15, -0.1) is 11.6 Å². The molecule has 0 aromatic heterocycles. The lowest BCUT2D eigenvalue weighted by Crippen LogP contribution is -1.91. The minimum atomic E-state index is -0.410. The molecular formula is C10H12ClNO2. The van der Waals surface area contributed by atoms with E-state index >= 15 is 0 Å². The van der Waals surface area contributed by atoms with Crippen molar-refractivity contribution in [3.8, 4) is 0 Å². The van der Waals surface area contributed by atoms with Gasteiger partial charge in [0.15, 0.2) is 0 Å². The number of non-ortho nitro benzene ring substituents is 1. The van der Waals surface area contributed by atoms with Gasteiger partial charge in [0.2, 0.25) is 0 Å². The Morgan fingerprint density at radius 3 is 2.43 bits per heavy atom.